The summed E-state index contributed by atoms with van der Waals surface area (Å²) in [5, 5.41) is 10.3. The molecule has 0 aliphatic carbocycles. The molecule has 2 aromatic rings. The van der Waals surface area contributed by atoms with Crippen molar-refractivity contribution in [2.75, 3.05) is 6.61 Å². The molecule has 0 saturated heterocycles. The predicted octanol–water partition coefficient (Wildman–Crippen LogP) is 4.39. The fourth-order valence-corrected chi connectivity index (χ4v) is 2.20. The molecule has 1 N–H and O–H groups in total. The summed E-state index contributed by atoms with van der Waals surface area (Å²) in [4.78, 5) is 0. The summed E-state index contributed by atoms with van der Waals surface area (Å²) >= 11 is 0. The Morgan fingerprint density at radius 1 is 1.10 bits per heavy atom. The Kier molecular flexibility index (Phi) is 5.34. The fraction of sp³-hybridized carbons (Fsp3) is 0.333. The number of halogens is 1. The lowest BCUT2D eigenvalue weighted by Gasteiger charge is -2.13. The first-order valence-corrected chi connectivity index (χ1v) is 7.28. The summed E-state index contributed by atoms with van der Waals surface area (Å²) in [6.07, 6.45) is 1.28. The molecule has 0 fully saturated rings. The number of aryl methyl sites for hydroxylation is 1. The molecule has 21 heavy (non-hydrogen) atoms. The number of aliphatic hydroxyl groups is 1. The molecule has 2 nitrogen and oxygen atoms in total. The van der Waals surface area contributed by atoms with Crippen LogP contribution in [0.4, 0.5) is 4.39 Å². The lowest BCUT2D eigenvalue weighted by atomic mass is 10.00. The number of unbranched alkanes of at least 4 members (excludes halogenated alkanes) is 1. The lowest BCUT2D eigenvalue weighted by molar-refractivity contribution is 0.219. The van der Waals surface area contributed by atoms with E-state index in [1.165, 1.54) is 12.1 Å². The molecule has 1 unspecified atom stereocenters. The topological polar surface area (TPSA) is 29.5 Å². The van der Waals surface area contributed by atoms with E-state index in [1.807, 2.05) is 31.2 Å². The van der Waals surface area contributed by atoms with Gasteiger partial charge in [0.1, 0.15) is 17.7 Å². The summed E-state index contributed by atoms with van der Waals surface area (Å²) in [6, 6.07) is 11.9. The van der Waals surface area contributed by atoms with Crippen molar-refractivity contribution >= 4 is 0 Å². The molecule has 3 heteroatoms. The molecule has 1 atom stereocenters. The number of hydrogen-bond donors (Lipinski definition) is 1. The highest BCUT2D eigenvalue weighted by molar-refractivity contribution is 5.35. The molecule has 0 saturated carbocycles. The van der Waals surface area contributed by atoms with Crippen LogP contribution in [0.3, 0.4) is 0 Å². The standard InChI is InChI=1S/C18H21FO2/c1-3-4-9-21-17-7-5-14(6-8-17)18(20)15-10-13(2)11-16(19)12-15/h5-8,10-12,18,20H,3-4,9H2,1-2H3. The van der Waals surface area contributed by atoms with Crippen molar-refractivity contribution in [1.82, 2.24) is 0 Å². The fourth-order valence-electron chi connectivity index (χ4n) is 2.20. The van der Waals surface area contributed by atoms with E-state index in [0.717, 1.165) is 29.7 Å². The van der Waals surface area contributed by atoms with Gasteiger partial charge >= 0.3 is 0 Å². The van der Waals surface area contributed by atoms with Crippen LogP contribution in [0.2, 0.25) is 0 Å². The summed E-state index contributed by atoms with van der Waals surface area (Å²) in [5.41, 5.74) is 2.08. The third-order valence-electron chi connectivity index (χ3n) is 3.34. The highest BCUT2D eigenvalue weighted by Crippen LogP contribution is 2.25. The van der Waals surface area contributed by atoms with Gasteiger partial charge in [0.25, 0.3) is 0 Å². The van der Waals surface area contributed by atoms with Gasteiger partial charge in [0.15, 0.2) is 0 Å². The van der Waals surface area contributed by atoms with Crippen LogP contribution < -0.4 is 4.74 Å². The van der Waals surface area contributed by atoms with Gasteiger partial charge in [-0.2, -0.15) is 0 Å². The monoisotopic (exact) mass is 288 g/mol. The summed E-state index contributed by atoms with van der Waals surface area (Å²) in [7, 11) is 0. The summed E-state index contributed by atoms with van der Waals surface area (Å²) < 4.78 is 19.0. The predicted molar refractivity (Wildman–Crippen MR) is 82.0 cm³/mol. The Bertz CT molecular complexity index is 558. The van der Waals surface area contributed by atoms with Gasteiger partial charge in [-0.25, -0.2) is 4.39 Å². The van der Waals surface area contributed by atoms with Gasteiger partial charge in [0.05, 0.1) is 6.61 Å². The normalized spacial score (nSPS) is 12.2. The molecule has 0 bridgehead atoms. The second kappa shape index (κ2) is 7.23. The van der Waals surface area contributed by atoms with Gasteiger partial charge in [0, 0.05) is 0 Å². The molecule has 0 spiro atoms. The summed E-state index contributed by atoms with van der Waals surface area (Å²) in [6.45, 7) is 4.62. The molecular formula is C18H21FO2. The van der Waals surface area contributed by atoms with Gasteiger partial charge in [0.2, 0.25) is 0 Å². The highest BCUT2D eigenvalue weighted by atomic mass is 19.1. The molecule has 112 valence electrons. The quantitative estimate of drug-likeness (QED) is 0.799. The van der Waals surface area contributed by atoms with Crippen LogP contribution in [0.5, 0.6) is 5.75 Å². The molecule has 0 radical (unpaired) electrons. The van der Waals surface area contributed by atoms with Crippen molar-refractivity contribution < 1.29 is 14.2 Å². The third kappa shape index (κ3) is 4.30. The van der Waals surface area contributed by atoms with Crippen LogP contribution in [0, 0.1) is 12.7 Å². The molecule has 0 aliphatic rings. The Balaban J connectivity index is 2.10. The summed E-state index contributed by atoms with van der Waals surface area (Å²) in [5.74, 6) is 0.457. The Morgan fingerprint density at radius 2 is 1.81 bits per heavy atom. The number of ether oxygens (including phenoxy) is 1. The van der Waals surface area contributed by atoms with Crippen molar-refractivity contribution in [3.63, 3.8) is 0 Å². The second-order valence-electron chi connectivity index (χ2n) is 5.24. The van der Waals surface area contributed by atoms with E-state index in [2.05, 4.69) is 6.92 Å². The lowest BCUT2D eigenvalue weighted by Crippen LogP contribution is -2.01. The van der Waals surface area contributed by atoms with Crippen LogP contribution in [-0.4, -0.2) is 11.7 Å². The highest BCUT2D eigenvalue weighted by Gasteiger charge is 2.12. The van der Waals surface area contributed by atoms with E-state index >= 15 is 0 Å². The number of benzene rings is 2. The van der Waals surface area contributed by atoms with Gasteiger partial charge in [-0.15, -0.1) is 0 Å². The van der Waals surface area contributed by atoms with Crippen LogP contribution in [0.25, 0.3) is 0 Å². The van der Waals surface area contributed by atoms with Gasteiger partial charge in [-0.1, -0.05) is 31.5 Å². The van der Waals surface area contributed by atoms with Gasteiger partial charge in [-0.05, 0) is 54.3 Å². The second-order valence-corrected chi connectivity index (χ2v) is 5.24. The van der Waals surface area contributed by atoms with Crippen molar-refractivity contribution in [2.24, 2.45) is 0 Å². The van der Waals surface area contributed by atoms with E-state index in [4.69, 9.17) is 4.74 Å². The molecule has 2 aromatic carbocycles. The minimum Gasteiger partial charge on any atom is -0.494 e. The van der Waals surface area contributed by atoms with Crippen LogP contribution in [0.1, 0.15) is 42.6 Å². The van der Waals surface area contributed by atoms with E-state index in [0.29, 0.717) is 12.2 Å². The van der Waals surface area contributed by atoms with Crippen molar-refractivity contribution in [3.8, 4) is 5.75 Å². The molecule has 0 heterocycles. The Morgan fingerprint density at radius 3 is 2.43 bits per heavy atom. The van der Waals surface area contributed by atoms with Gasteiger partial charge < -0.3 is 9.84 Å². The Hall–Kier alpha value is -1.87. The third-order valence-corrected chi connectivity index (χ3v) is 3.34. The molecule has 0 aliphatic heterocycles. The van der Waals surface area contributed by atoms with Crippen LogP contribution in [0.15, 0.2) is 42.5 Å². The van der Waals surface area contributed by atoms with Gasteiger partial charge in [-0.3, -0.25) is 0 Å². The van der Waals surface area contributed by atoms with E-state index in [1.54, 1.807) is 6.07 Å². The van der Waals surface area contributed by atoms with Crippen molar-refractivity contribution in [3.05, 3.63) is 65.0 Å². The average molecular weight is 288 g/mol. The zero-order chi connectivity index (χ0) is 15.2. The smallest absolute Gasteiger partial charge is 0.123 e. The van der Waals surface area contributed by atoms with E-state index in [9.17, 15) is 9.50 Å². The molecule has 0 aromatic heterocycles. The number of aliphatic hydroxyl groups excluding tert-OH is 1. The minimum atomic E-state index is -0.830. The first-order valence-electron chi connectivity index (χ1n) is 7.28. The maximum absolute atomic E-state index is 13.4. The number of rotatable bonds is 6. The van der Waals surface area contributed by atoms with Crippen LogP contribution >= 0.6 is 0 Å². The molecule has 0 amide bonds. The zero-order valence-electron chi connectivity index (χ0n) is 12.5. The van der Waals surface area contributed by atoms with E-state index < -0.39 is 6.10 Å². The first kappa shape index (κ1) is 15.5. The molecular weight excluding hydrogens is 267 g/mol. The van der Waals surface area contributed by atoms with Crippen molar-refractivity contribution in [1.29, 1.82) is 0 Å². The maximum Gasteiger partial charge on any atom is 0.123 e. The zero-order valence-corrected chi connectivity index (χ0v) is 12.5. The van der Waals surface area contributed by atoms with E-state index in [-0.39, 0.29) is 5.82 Å². The largest absolute Gasteiger partial charge is 0.494 e. The SMILES string of the molecule is CCCCOc1ccc(C(O)c2cc(C)cc(F)c2)cc1. The van der Waals surface area contributed by atoms with Crippen LogP contribution in [-0.2, 0) is 0 Å². The molecule has 2 rings (SSSR count). The Labute approximate surface area is 125 Å². The first-order chi connectivity index (χ1) is 10.1. The maximum atomic E-state index is 13.4. The van der Waals surface area contributed by atoms with Crippen molar-refractivity contribution in [2.45, 2.75) is 32.8 Å². The minimum absolute atomic E-state index is 0.330. The number of hydrogen-bond acceptors (Lipinski definition) is 2. The average Bonchev–Trinajstić information content (AvgIpc) is 2.46.